The number of nitrogens with zero attached hydrogens (tertiary/aromatic N) is 10. The van der Waals surface area contributed by atoms with Crippen LogP contribution < -0.4 is 0 Å². The number of H-pyrrole nitrogens is 1. The molecule has 2 aliphatic rings. The largest absolute Gasteiger partial charge is 0.508 e. The standard InChI is InChI=1S/C20H15N7O2S.C20H14N4O2S/c28-16-6-2-1-5-13(16)15-10-14(12-4-3-9-21-11-12)24-27(15)20(29)18-8-7-17(30-18)19-22-25-26-23-19;21-11-14-7-8-19(27-14)20(26)24-17(15-5-1-2-6-18(15)25)10-16(23-24)13-4-3-9-22-12-13/h1-9,11,15,28H,10H2,(H,22,23,25,26);1-9,12,17,25H,10H2. The number of hydrogen-bond donors (Lipinski definition) is 3. The van der Waals surface area contributed by atoms with Gasteiger partial charge in [-0.3, -0.25) is 19.6 Å². The molecule has 9 rings (SSSR count). The summed E-state index contributed by atoms with van der Waals surface area (Å²) < 4.78 is 0. The van der Waals surface area contributed by atoms with Crippen molar-refractivity contribution >= 4 is 45.9 Å². The number of phenols is 2. The summed E-state index contributed by atoms with van der Waals surface area (Å²) in [6.45, 7) is 0. The molecule has 2 unspecified atom stereocenters. The van der Waals surface area contributed by atoms with Crippen LogP contribution in [-0.4, -0.2) is 74.1 Å². The van der Waals surface area contributed by atoms with Crippen molar-refractivity contribution in [1.29, 1.82) is 5.26 Å². The Morgan fingerprint density at radius 1 is 0.702 bits per heavy atom. The van der Waals surface area contributed by atoms with Gasteiger partial charge in [-0.25, -0.2) is 10.0 Å². The Morgan fingerprint density at radius 2 is 1.25 bits per heavy atom. The van der Waals surface area contributed by atoms with Crippen molar-refractivity contribution in [2.75, 3.05) is 0 Å². The molecule has 2 aliphatic heterocycles. The van der Waals surface area contributed by atoms with Gasteiger partial charge in [-0.2, -0.15) is 20.7 Å². The molecule has 7 heterocycles. The third-order valence-electron chi connectivity index (χ3n) is 9.13. The topological polar surface area (TPSA) is 210 Å². The average Bonchev–Trinajstić information content (AvgIpc) is 4.11. The van der Waals surface area contributed by atoms with E-state index in [1.165, 1.54) is 21.4 Å². The number of tetrazole rings is 1. The minimum atomic E-state index is -0.429. The number of aromatic amines is 1. The molecule has 0 saturated carbocycles. The highest BCUT2D eigenvalue weighted by atomic mass is 32.1. The fourth-order valence-corrected chi connectivity index (χ4v) is 8.02. The van der Waals surface area contributed by atoms with Gasteiger partial charge in [-0.1, -0.05) is 48.5 Å². The molecule has 280 valence electrons. The van der Waals surface area contributed by atoms with Gasteiger partial charge in [0.15, 0.2) is 0 Å². The number of aromatic hydroxyl groups is 2. The van der Waals surface area contributed by atoms with E-state index in [0.29, 0.717) is 44.4 Å². The minimum Gasteiger partial charge on any atom is -0.508 e. The normalized spacial score (nSPS) is 16.0. The Morgan fingerprint density at radius 3 is 1.72 bits per heavy atom. The second kappa shape index (κ2) is 16.1. The van der Waals surface area contributed by atoms with Crippen LogP contribution in [0.25, 0.3) is 10.7 Å². The Bertz CT molecular complexity index is 2660. The molecule has 0 bridgehead atoms. The summed E-state index contributed by atoms with van der Waals surface area (Å²) in [4.78, 5) is 36.8. The van der Waals surface area contributed by atoms with E-state index in [2.05, 4.69) is 40.8 Å². The number of hydrogen-bond acceptors (Lipinski definition) is 14. The van der Waals surface area contributed by atoms with Crippen LogP contribution in [0, 0.1) is 11.3 Å². The molecule has 7 aromatic rings. The van der Waals surface area contributed by atoms with Gasteiger partial charge in [0.1, 0.15) is 22.4 Å². The summed E-state index contributed by atoms with van der Waals surface area (Å²) in [7, 11) is 0. The maximum Gasteiger partial charge on any atom is 0.284 e. The maximum atomic E-state index is 13.4. The van der Waals surface area contributed by atoms with Gasteiger partial charge in [0.2, 0.25) is 5.82 Å². The zero-order chi connectivity index (χ0) is 39.3. The van der Waals surface area contributed by atoms with E-state index in [4.69, 9.17) is 5.26 Å². The van der Waals surface area contributed by atoms with Crippen molar-refractivity contribution in [3.05, 3.63) is 159 Å². The number of para-hydroxylation sites is 2. The van der Waals surface area contributed by atoms with E-state index in [9.17, 15) is 19.8 Å². The second-order valence-corrected chi connectivity index (χ2v) is 14.8. The molecule has 2 aromatic carbocycles. The third-order valence-corrected chi connectivity index (χ3v) is 11.2. The first-order valence-corrected chi connectivity index (χ1v) is 19.0. The molecule has 0 aliphatic carbocycles. The fourth-order valence-electron chi connectivity index (χ4n) is 6.41. The predicted molar refractivity (Wildman–Crippen MR) is 211 cm³/mol. The summed E-state index contributed by atoms with van der Waals surface area (Å²) in [5.74, 6) is 0.112. The van der Waals surface area contributed by atoms with Crippen LogP contribution in [-0.2, 0) is 0 Å². The highest BCUT2D eigenvalue weighted by molar-refractivity contribution is 7.17. The summed E-state index contributed by atoms with van der Waals surface area (Å²) in [5.41, 5.74) is 4.40. The summed E-state index contributed by atoms with van der Waals surface area (Å²) in [6, 6.07) is 29.3. The van der Waals surface area contributed by atoms with E-state index in [1.807, 2.05) is 42.5 Å². The van der Waals surface area contributed by atoms with Crippen molar-refractivity contribution in [2.24, 2.45) is 10.2 Å². The number of benzene rings is 2. The number of pyridine rings is 2. The summed E-state index contributed by atoms with van der Waals surface area (Å²) in [5, 5.41) is 55.6. The van der Waals surface area contributed by atoms with Crippen LogP contribution in [0.15, 0.2) is 132 Å². The Hall–Kier alpha value is -7.42. The number of rotatable bonds is 7. The van der Waals surface area contributed by atoms with Crippen molar-refractivity contribution in [3.63, 3.8) is 0 Å². The van der Waals surface area contributed by atoms with Gasteiger partial charge >= 0.3 is 0 Å². The summed E-state index contributed by atoms with van der Waals surface area (Å²) in [6.07, 6.45) is 7.72. The van der Waals surface area contributed by atoms with Gasteiger partial charge < -0.3 is 10.2 Å². The molecule has 2 amide bonds. The monoisotopic (exact) mass is 791 g/mol. The van der Waals surface area contributed by atoms with E-state index < -0.39 is 12.1 Å². The van der Waals surface area contributed by atoms with Crippen molar-refractivity contribution < 1.29 is 19.8 Å². The van der Waals surface area contributed by atoms with Gasteiger partial charge in [0, 0.05) is 59.9 Å². The van der Waals surface area contributed by atoms with Gasteiger partial charge in [0.05, 0.1) is 38.1 Å². The van der Waals surface area contributed by atoms with Crippen molar-refractivity contribution in [1.82, 2.24) is 40.6 Å². The van der Waals surface area contributed by atoms with Gasteiger partial charge in [-0.15, -0.1) is 32.9 Å². The number of nitriles is 1. The number of carbonyl (C=O) groups is 2. The lowest BCUT2D eigenvalue weighted by Gasteiger charge is -2.22. The minimum absolute atomic E-state index is 0.117. The first-order valence-electron chi connectivity index (χ1n) is 17.4. The molecule has 0 fully saturated rings. The van der Waals surface area contributed by atoms with E-state index in [0.717, 1.165) is 38.8 Å². The van der Waals surface area contributed by atoms with Gasteiger partial charge in [0.25, 0.3) is 11.8 Å². The molecule has 5 aromatic heterocycles. The van der Waals surface area contributed by atoms with Crippen molar-refractivity contribution in [2.45, 2.75) is 24.9 Å². The second-order valence-electron chi connectivity index (χ2n) is 12.6. The fraction of sp³-hybridized carbons (Fsp3) is 0.100. The molecule has 0 radical (unpaired) electrons. The van der Waals surface area contributed by atoms with E-state index in [-0.39, 0.29) is 23.3 Å². The highest BCUT2D eigenvalue weighted by Crippen LogP contribution is 2.40. The number of thiophene rings is 2. The van der Waals surface area contributed by atoms with Crippen LogP contribution >= 0.6 is 22.7 Å². The number of hydrazone groups is 2. The van der Waals surface area contributed by atoms with Crippen LogP contribution in [0.4, 0.5) is 0 Å². The molecule has 0 spiro atoms. The van der Waals surface area contributed by atoms with Gasteiger partial charge in [-0.05, 0) is 53.7 Å². The van der Waals surface area contributed by atoms with Crippen LogP contribution in [0.3, 0.4) is 0 Å². The van der Waals surface area contributed by atoms with Crippen LogP contribution in [0.5, 0.6) is 11.5 Å². The van der Waals surface area contributed by atoms with Crippen LogP contribution in [0.1, 0.15) is 71.4 Å². The van der Waals surface area contributed by atoms with Crippen molar-refractivity contribution in [3.8, 4) is 28.3 Å². The molecule has 2 atom stereocenters. The predicted octanol–water partition coefficient (Wildman–Crippen LogP) is 6.73. The lowest BCUT2D eigenvalue weighted by atomic mass is 9.98. The molecular weight excluding hydrogens is 763 g/mol. The number of amides is 2. The molecule has 3 N–H and O–H groups in total. The molecule has 57 heavy (non-hydrogen) atoms. The Balaban J connectivity index is 0.000000161. The lowest BCUT2D eigenvalue weighted by molar-refractivity contribution is 0.0707. The smallest absolute Gasteiger partial charge is 0.284 e. The number of nitrogens with one attached hydrogen (secondary N) is 1. The molecular formula is C40H29N11O4S2. The van der Waals surface area contributed by atoms with Crippen LogP contribution in [0.2, 0.25) is 0 Å². The quantitative estimate of drug-likeness (QED) is 0.155. The first-order chi connectivity index (χ1) is 27.9. The number of aromatic nitrogens is 6. The molecule has 17 heteroatoms. The molecule has 0 saturated heterocycles. The summed E-state index contributed by atoms with van der Waals surface area (Å²) >= 11 is 2.39. The van der Waals surface area contributed by atoms with E-state index >= 15 is 0 Å². The first kappa shape index (κ1) is 36.6. The average molecular weight is 792 g/mol. The zero-order valence-electron chi connectivity index (χ0n) is 29.6. The SMILES string of the molecule is N#Cc1ccc(C(=O)N2N=C(c3cccnc3)CC2c2ccccc2O)s1.O=C(c1ccc(-c2nn[nH]n2)s1)N1N=C(c2cccnc2)CC1c1ccccc1O. The van der Waals surface area contributed by atoms with E-state index in [1.54, 1.807) is 85.5 Å². The highest BCUT2D eigenvalue weighted by Gasteiger charge is 2.37. The molecule has 15 nitrogen and oxygen atoms in total. The maximum absolute atomic E-state index is 13.4. The Labute approximate surface area is 332 Å². The third kappa shape index (κ3) is 7.62. The zero-order valence-corrected chi connectivity index (χ0v) is 31.2. The number of phenolic OH excluding ortho intramolecular Hbond substituents is 2. The Kier molecular flexibility index (Phi) is 10.3. The number of carbonyl (C=O) groups excluding carboxylic acids is 2. The lowest BCUT2D eigenvalue weighted by Crippen LogP contribution is -2.26.